The van der Waals surface area contributed by atoms with Crippen LogP contribution in [-0.4, -0.2) is 5.54 Å². The third-order valence-electron chi connectivity index (χ3n) is 3.10. The molecule has 0 saturated carbocycles. The van der Waals surface area contributed by atoms with Gasteiger partial charge >= 0.3 is 0 Å². The van der Waals surface area contributed by atoms with Crippen LogP contribution in [0.2, 0.25) is 0 Å². The van der Waals surface area contributed by atoms with Gasteiger partial charge in [-0.15, -0.1) is 0 Å². The van der Waals surface area contributed by atoms with Crippen molar-refractivity contribution in [3.8, 4) is 0 Å². The fourth-order valence-electron chi connectivity index (χ4n) is 1.92. The Morgan fingerprint density at radius 1 is 0.950 bits per heavy atom. The standard InChI is InChI=1S/C18H23NS/c1-14-12-17(20-16-8-6-5-7-9-16)11-10-15(14)13-19-18(2,3)4/h5-12,19H,13H2,1-4H3. The maximum absolute atomic E-state index is 3.54. The average Bonchev–Trinajstić information content (AvgIpc) is 2.38. The lowest BCUT2D eigenvalue weighted by atomic mass is 10.1. The average molecular weight is 285 g/mol. The molecular formula is C18H23NS. The highest BCUT2D eigenvalue weighted by Gasteiger charge is 2.09. The Kier molecular flexibility index (Phi) is 4.90. The van der Waals surface area contributed by atoms with Gasteiger partial charge in [-0.3, -0.25) is 0 Å². The first-order chi connectivity index (χ1) is 9.44. The Labute approximate surface area is 126 Å². The van der Waals surface area contributed by atoms with Gasteiger partial charge in [-0.25, -0.2) is 0 Å². The van der Waals surface area contributed by atoms with Crippen LogP contribution >= 0.6 is 11.8 Å². The van der Waals surface area contributed by atoms with E-state index in [4.69, 9.17) is 0 Å². The maximum atomic E-state index is 3.54. The van der Waals surface area contributed by atoms with Crippen LogP contribution in [0.3, 0.4) is 0 Å². The number of hydrogen-bond acceptors (Lipinski definition) is 2. The normalized spacial score (nSPS) is 11.6. The highest BCUT2D eigenvalue weighted by Crippen LogP contribution is 2.28. The molecule has 0 unspecified atom stereocenters. The first-order valence-electron chi connectivity index (χ1n) is 7.01. The largest absolute Gasteiger partial charge is 0.308 e. The quantitative estimate of drug-likeness (QED) is 0.845. The molecule has 1 nitrogen and oxygen atoms in total. The Morgan fingerprint density at radius 2 is 1.65 bits per heavy atom. The fraction of sp³-hybridized carbons (Fsp3) is 0.333. The molecule has 0 spiro atoms. The first-order valence-corrected chi connectivity index (χ1v) is 7.83. The lowest BCUT2D eigenvalue weighted by Crippen LogP contribution is -2.35. The summed E-state index contributed by atoms with van der Waals surface area (Å²) >= 11 is 1.81. The van der Waals surface area contributed by atoms with E-state index in [1.165, 1.54) is 20.9 Å². The summed E-state index contributed by atoms with van der Waals surface area (Å²) in [5, 5.41) is 3.54. The minimum Gasteiger partial charge on any atom is -0.308 e. The first kappa shape index (κ1) is 15.1. The van der Waals surface area contributed by atoms with Gasteiger partial charge in [0.25, 0.3) is 0 Å². The van der Waals surface area contributed by atoms with Crippen LogP contribution in [0.1, 0.15) is 31.9 Å². The molecule has 2 aromatic carbocycles. The van der Waals surface area contributed by atoms with Crippen molar-refractivity contribution in [3.63, 3.8) is 0 Å². The van der Waals surface area contributed by atoms with E-state index in [2.05, 4.69) is 81.5 Å². The molecular weight excluding hydrogens is 262 g/mol. The molecule has 0 aliphatic rings. The monoisotopic (exact) mass is 285 g/mol. The number of rotatable bonds is 4. The van der Waals surface area contributed by atoms with Crippen LogP contribution in [0.15, 0.2) is 58.3 Å². The molecule has 0 aliphatic heterocycles. The second-order valence-electron chi connectivity index (χ2n) is 6.11. The van der Waals surface area contributed by atoms with E-state index in [0.29, 0.717) is 0 Å². The maximum Gasteiger partial charge on any atom is 0.0212 e. The summed E-state index contributed by atoms with van der Waals surface area (Å²) in [6.45, 7) is 9.70. The molecule has 2 rings (SSSR count). The van der Waals surface area contributed by atoms with Gasteiger partial charge in [0.1, 0.15) is 0 Å². The summed E-state index contributed by atoms with van der Waals surface area (Å²) in [6.07, 6.45) is 0. The van der Waals surface area contributed by atoms with E-state index in [1.54, 1.807) is 0 Å². The molecule has 0 aromatic heterocycles. The molecule has 1 N–H and O–H groups in total. The van der Waals surface area contributed by atoms with Crippen molar-refractivity contribution in [2.45, 2.75) is 49.6 Å². The summed E-state index contributed by atoms with van der Waals surface area (Å²) < 4.78 is 0. The van der Waals surface area contributed by atoms with Gasteiger partial charge in [0.15, 0.2) is 0 Å². The van der Waals surface area contributed by atoms with E-state index < -0.39 is 0 Å². The molecule has 0 radical (unpaired) electrons. The van der Waals surface area contributed by atoms with Crippen molar-refractivity contribution in [1.82, 2.24) is 5.32 Å². The Morgan fingerprint density at radius 3 is 2.25 bits per heavy atom. The van der Waals surface area contributed by atoms with Crippen LogP contribution < -0.4 is 5.32 Å². The number of nitrogens with one attached hydrogen (secondary N) is 1. The summed E-state index contributed by atoms with van der Waals surface area (Å²) in [6, 6.07) is 17.2. The van der Waals surface area contributed by atoms with Crippen molar-refractivity contribution in [1.29, 1.82) is 0 Å². The molecule has 0 atom stereocenters. The van der Waals surface area contributed by atoms with Gasteiger partial charge in [0.2, 0.25) is 0 Å². The molecule has 0 fully saturated rings. The van der Waals surface area contributed by atoms with Crippen LogP contribution in [-0.2, 0) is 6.54 Å². The van der Waals surface area contributed by atoms with Crippen LogP contribution in [0.4, 0.5) is 0 Å². The van der Waals surface area contributed by atoms with Gasteiger partial charge < -0.3 is 5.32 Å². The molecule has 0 saturated heterocycles. The molecule has 2 heteroatoms. The van der Waals surface area contributed by atoms with Crippen LogP contribution in [0.5, 0.6) is 0 Å². The zero-order chi connectivity index (χ0) is 14.6. The van der Waals surface area contributed by atoms with Gasteiger partial charge in [0, 0.05) is 21.9 Å². The SMILES string of the molecule is Cc1cc(Sc2ccccc2)ccc1CNC(C)(C)C. The van der Waals surface area contributed by atoms with Gasteiger partial charge in [0.05, 0.1) is 0 Å². The van der Waals surface area contributed by atoms with E-state index >= 15 is 0 Å². The number of benzene rings is 2. The second kappa shape index (κ2) is 6.47. The van der Waals surface area contributed by atoms with E-state index in [-0.39, 0.29) is 5.54 Å². The van der Waals surface area contributed by atoms with Gasteiger partial charge in [-0.05, 0) is 63.1 Å². The Bertz CT molecular complexity index is 555. The number of aryl methyl sites for hydroxylation is 1. The van der Waals surface area contributed by atoms with Crippen molar-refractivity contribution >= 4 is 11.8 Å². The summed E-state index contributed by atoms with van der Waals surface area (Å²) in [4.78, 5) is 2.58. The molecule has 0 amide bonds. The highest BCUT2D eigenvalue weighted by atomic mass is 32.2. The fourth-order valence-corrected chi connectivity index (χ4v) is 2.85. The highest BCUT2D eigenvalue weighted by molar-refractivity contribution is 7.99. The van der Waals surface area contributed by atoms with E-state index in [9.17, 15) is 0 Å². The zero-order valence-electron chi connectivity index (χ0n) is 12.7. The lowest BCUT2D eigenvalue weighted by molar-refractivity contribution is 0.424. The summed E-state index contributed by atoms with van der Waals surface area (Å²) in [5.74, 6) is 0. The van der Waals surface area contributed by atoms with Gasteiger partial charge in [-0.2, -0.15) is 0 Å². The Balaban J connectivity index is 2.06. The second-order valence-corrected chi connectivity index (χ2v) is 7.25. The third-order valence-corrected chi connectivity index (χ3v) is 4.10. The topological polar surface area (TPSA) is 12.0 Å². The van der Waals surface area contributed by atoms with Crippen LogP contribution in [0.25, 0.3) is 0 Å². The number of hydrogen-bond donors (Lipinski definition) is 1. The Hall–Kier alpha value is -1.25. The van der Waals surface area contributed by atoms with Crippen molar-refractivity contribution in [3.05, 3.63) is 59.7 Å². The molecule has 20 heavy (non-hydrogen) atoms. The van der Waals surface area contributed by atoms with Gasteiger partial charge in [-0.1, -0.05) is 36.0 Å². The van der Waals surface area contributed by atoms with Crippen molar-refractivity contribution in [2.24, 2.45) is 0 Å². The smallest absolute Gasteiger partial charge is 0.0212 e. The molecule has 0 bridgehead atoms. The molecule has 106 valence electrons. The molecule has 0 aliphatic carbocycles. The third kappa shape index (κ3) is 4.69. The van der Waals surface area contributed by atoms with Crippen molar-refractivity contribution < 1.29 is 0 Å². The summed E-state index contributed by atoms with van der Waals surface area (Å²) in [7, 11) is 0. The predicted octanol–water partition coefficient (Wildman–Crippen LogP) is 5.03. The molecule has 0 heterocycles. The zero-order valence-corrected chi connectivity index (χ0v) is 13.6. The minimum absolute atomic E-state index is 0.157. The lowest BCUT2D eigenvalue weighted by Gasteiger charge is -2.21. The molecule has 2 aromatic rings. The van der Waals surface area contributed by atoms with Crippen LogP contribution in [0, 0.1) is 6.92 Å². The van der Waals surface area contributed by atoms with Crippen molar-refractivity contribution in [2.75, 3.05) is 0 Å². The van der Waals surface area contributed by atoms with E-state index in [0.717, 1.165) is 6.54 Å². The van der Waals surface area contributed by atoms with E-state index in [1.807, 2.05) is 11.8 Å². The predicted molar refractivity (Wildman–Crippen MR) is 88.3 cm³/mol. The summed E-state index contributed by atoms with van der Waals surface area (Å²) in [5.41, 5.74) is 2.88. The minimum atomic E-state index is 0.157.